The van der Waals surface area contributed by atoms with Crippen LogP contribution in [0.5, 0.6) is 0 Å². The predicted molar refractivity (Wildman–Crippen MR) is 46.2 cm³/mol. The van der Waals surface area contributed by atoms with E-state index in [1.165, 1.54) is 0 Å². The van der Waals surface area contributed by atoms with Gasteiger partial charge in [0.2, 0.25) is 0 Å². The van der Waals surface area contributed by atoms with E-state index in [1.54, 1.807) is 23.8 Å². The fourth-order valence-electron chi connectivity index (χ4n) is 0.528. The first-order valence-corrected chi connectivity index (χ1v) is 4.05. The molecule has 1 aromatic heterocycles. The molecule has 0 unspecified atom stereocenters. The van der Waals surface area contributed by atoms with E-state index < -0.39 is 0 Å². The summed E-state index contributed by atoms with van der Waals surface area (Å²) < 4.78 is 0. The van der Waals surface area contributed by atoms with Gasteiger partial charge in [-0.3, -0.25) is 0 Å². The third-order valence-corrected chi connectivity index (χ3v) is 1.78. The number of hydrogen-bond acceptors (Lipinski definition) is 4. The molecule has 0 saturated carbocycles. The van der Waals surface area contributed by atoms with Crippen LogP contribution in [0, 0.1) is 6.92 Å². The van der Waals surface area contributed by atoms with Gasteiger partial charge in [0.1, 0.15) is 0 Å². The molecular formula is C7H9N3S. The van der Waals surface area contributed by atoms with Gasteiger partial charge in [-0.2, -0.15) is 5.11 Å². The van der Waals surface area contributed by atoms with E-state index in [2.05, 4.69) is 21.8 Å². The van der Waals surface area contributed by atoms with Gasteiger partial charge < -0.3 is 0 Å². The number of allylic oxidation sites excluding steroid dienone is 1. The SMILES string of the molecule is C=C(C)N=Nc1ncsc1C. The third kappa shape index (κ3) is 2.23. The fraction of sp³-hybridized carbons (Fsp3) is 0.286. The highest BCUT2D eigenvalue weighted by molar-refractivity contribution is 7.10. The van der Waals surface area contributed by atoms with Crippen molar-refractivity contribution >= 4 is 17.2 Å². The van der Waals surface area contributed by atoms with Crippen molar-refractivity contribution in [3.63, 3.8) is 0 Å². The van der Waals surface area contributed by atoms with Gasteiger partial charge >= 0.3 is 0 Å². The van der Waals surface area contributed by atoms with Crippen LogP contribution in [-0.4, -0.2) is 4.98 Å². The van der Waals surface area contributed by atoms with Crippen LogP contribution in [0.1, 0.15) is 11.8 Å². The molecule has 0 spiro atoms. The first kappa shape index (κ1) is 8.07. The van der Waals surface area contributed by atoms with E-state index >= 15 is 0 Å². The highest BCUT2D eigenvalue weighted by Crippen LogP contribution is 2.20. The van der Waals surface area contributed by atoms with Crippen LogP contribution in [0.25, 0.3) is 0 Å². The average molecular weight is 167 g/mol. The number of nitrogens with zero attached hydrogens (tertiary/aromatic N) is 3. The maximum atomic E-state index is 4.00. The Balaban J connectivity index is 2.79. The predicted octanol–water partition coefficient (Wildman–Crippen LogP) is 3.07. The minimum absolute atomic E-state index is 0.692. The van der Waals surface area contributed by atoms with Crippen molar-refractivity contribution in [3.8, 4) is 0 Å². The number of hydrogen-bond donors (Lipinski definition) is 0. The van der Waals surface area contributed by atoms with E-state index in [-0.39, 0.29) is 0 Å². The summed E-state index contributed by atoms with van der Waals surface area (Å²) in [4.78, 5) is 5.08. The largest absolute Gasteiger partial charge is 0.224 e. The molecule has 0 amide bonds. The van der Waals surface area contributed by atoms with Gasteiger partial charge in [0.05, 0.1) is 11.2 Å². The zero-order valence-corrected chi connectivity index (χ0v) is 7.35. The topological polar surface area (TPSA) is 37.6 Å². The van der Waals surface area contributed by atoms with Crippen molar-refractivity contribution in [2.75, 3.05) is 0 Å². The molecule has 3 nitrogen and oxygen atoms in total. The molecule has 0 aromatic carbocycles. The van der Waals surface area contributed by atoms with Crippen LogP contribution in [0.4, 0.5) is 5.82 Å². The van der Waals surface area contributed by atoms with Gasteiger partial charge in [-0.1, -0.05) is 6.58 Å². The maximum absolute atomic E-state index is 4.00. The van der Waals surface area contributed by atoms with Crippen molar-refractivity contribution in [1.82, 2.24) is 4.98 Å². The van der Waals surface area contributed by atoms with E-state index in [4.69, 9.17) is 0 Å². The molecule has 11 heavy (non-hydrogen) atoms. The second kappa shape index (κ2) is 3.39. The Morgan fingerprint density at radius 2 is 2.45 bits per heavy atom. The normalized spacial score (nSPS) is 10.7. The molecular weight excluding hydrogens is 158 g/mol. The van der Waals surface area contributed by atoms with Crippen molar-refractivity contribution in [2.24, 2.45) is 10.2 Å². The summed E-state index contributed by atoms with van der Waals surface area (Å²) in [6, 6.07) is 0. The zero-order chi connectivity index (χ0) is 8.27. The molecule has 1 aromatic rings. The van der Waals surface area contributed by atoms with Crippen LogP contribution in [0.2, 0.25) is 0 Å². The second-order valence-electron chi connectivity index (χ2n) is 2.17. The molecule has 0 aliphatic rings. The summed E-state index contributed by atoms with van der Waals surface area (Å²) in [5.74, 6) is 0.693. The molecule has 1 heterocycles. The minimum atomic E-state index is 0.692. The molecule has 0 radical (unpaired) electrons. The van der Waals surface area contributed by atoms with Gasteiger partial charge in [-0.25, -0.2) is 4.98 Å². The van der Waals surface area contributed by atoms with Gasteiger partial charge in [0.15, 0.2) is 5.82 Å². The number of aryl methyl sites for hydroxylation is 1. The molecule has 0 atom stereocenters. The lowest BCUT2D eigenvalue weighted by Gasteiger charge is -1.85. The summed E-state index contributed by atoms with van der Waals surface area (Å²) in [5, 5.41) is 7.69. The van der Waals surface area contributed by atoms with E-state index in [1.807, 2.05) is 6.92 Å². The Kier molecular flexibility index (Phi) is 2.48. The van der Waals surface area contributed by atoms with Crippen molar-refractivity contribution in [2.45, 2.75) is 13.8 Å². The lowest BCUT2D eigenvalue weighted by molar-refractivity contribution is 1.10. The molecule has 0 N–H and O–H groups in total. The average Bonchev–Trinajstić information content (AvgIpc) is 2.31. The second-order valence-corrected chi connectivity index (χ2v) is 3.23. The number of rotatable bonds is 2. The summed E-state index contributed by atoms with van der Waals surface area (Å²) in [6.45, 7) is 7.36. The quantitative estimate of drug-likeness (QED) is 0.624. The molecule has 0 aliphatic heterocycles. The Bertz CT molecular complexity index is 288. The Morgan fingerprint density at radius 3 is 2.91 bits per heavy atom. The Morgan fingerprint density at radius 1 is 1.73 bits per heavy atom. The number of azo groups is 1. The van der Waals surface area contributed by atoms with E-state index in [0.29, 0.717) is 11.5 Å². The van der Waals surface area contributed by atoms with Crippen molar-refractivity contribution in [3.05, 3.63) is 22.7 Å². The van der Waals surface area contributed by atoms with Crippen LogP contribution in [0.15, 0.2) is 28.0 Å². The monoisotopic (exact) mass is 167 g/mol. The standard InChI is InChI=1S/C7H9N3S/c1-5(2)9-10-7-6(3)11-4-8-7/h4H,1H2,2-3H3. The van der Waals surface area contributed by atoms with Gasteiger partial charge in [0.25, 0.3) is 0 Å². The highest BCUT2D eigenvalue weighted by Gasteiger charge is 1.96. The summed E-state index contributed by atoms with van der Waals surface area (Å²) in [7, 11) is 0. The van der Waals surface area contributed by atoms with E-state index in [0.717, 1.165) is 4.88 Å². The molecule has 0 bridgehead atoms. The van der Waals surface area contributed by atoms with Crippen LogP contribution < -0.4 is 0 Å². The lowest BCUT2D eigenvalue weighted by atomic mass is 10.6. The first-order chi connectivity index (χ1) is 5.20. The lowest BCUT2D eigenvalue weighted by Crippen LogP contribution is -1.65. The van der Waals surface area contributed by atoms with E-state index in [9.17, 15) is 0 Å². The van der Waals surface area contributed by atoms with Crippen LogP contribution in [0.3, 0.4) is 0 Å². The van der Waals surface area contributed by atoms with Crippen LogP contribution >= 0.6 is 11.3 Å². The minimum Gasteiger partial charge on any atom is -0.224 e. The highest BCUT2D eigenvalue weighted by atomic mass is 32.1. The van der Waals surface area contributed by atoms with Gasteiger partial charge in [-0.15, -0.1) is 16.5 Å². The van der Waals surface area contributed by atoms with Crippen LogP contribution in [-0.2, 0) is 0 Å². The molecule has 0 fully saturated rings. The number of thiazole rings is 1. The molecule has 0 saturated heterocycles. The Hall–Kier alpha value is -1.03. The zero-order valence-electron chi connectivity index (χ0n) is 6.53. The Labute approximate surface area is 69.5 Å². The van der Waals surface area contributed by atoms with Gasteiger partial charge in [0, 0.05) is 4.88 Å². The van der Waals surface area contributed by atoms with Crippen molar-refractivity contribution < 1.29 is 0 Å². The summed E-state index contributed by atoms with van der Waals surface area (Å²) in [6.07, 6.45) is 0. The molecule has 0 aliphatic carbocycles. The summed E-state index contributed by atoms with van der Waals surface area (Å²) >= 11 is 1.56. The number of aromatic nitrogens is 1. The van der Waals surface area contributed by atoms with Gasteiger partial charge in [-0.05, 0) is 13.8 Å². The van der Waals surface area contributed by atoms with Crippen molar-refractivity contribution in [1.29, 1.82) is 0 Å². The maximum Gasteiger partial charge on any atom is 0.188 e. The fourth-order valence-corrected chi connectivity index (χ4v) is 1.04. The first-order valence-electron chi connectivity index (χ1n) is 3.17. The smallest absolute Gasteiger partial charge is 0.188 e. The summed E-state index contributed by atoms with van der Waals surface area (Å²) in [5.41, 5.74) is 2.44. The molecule has 58 valence electrons. The molecule has 4 heteroatoms. The molecule has 1 rings (SSSR count). The third-order valence-electron chi connectivity index (χ3n) is 1.03.